The van der Waals surface area contributed by atoms with Crippen molar-refractivity contribution in [3.8, 4) is 0 Å². The molecule has 0 unspecified atom stereocenters. The number of hydrogen-bond acceptors (Lipinski definition) is 0. The standard InChI is InChI=1S/C18H32N/c1-3-5-6-7-8-9-10-11-13-16-19-17-14-12-15-18(19)4-2/h12,14-15,17H,3-11,13,16H2,1-2H3/q+1. The average molecular weight is 262 g/mol. The van der Waals surface area contributed by atoms with E-state index >= 15 is 0 Å². The Morgan fingerprint density at radius 2 is 1.42 bits per heavy atom. The van der Waals surface area contributed by atoms with E-state index in [1.165, 1.54) is 70.0 Å². The van der Waals surface area contributed by atoms with Gasteiger partial charge in [-0.3, -0.25) is 0 Å². The molecule has 1 heteroatoms. The van der Waals surface area contributed by atoms with Crippen LogP contribution in [0.2, 0.25) is 0 Å². The monoisotopic (exact) mass is 262 g/mol. The second kappa shape index (κ2) is 11.0. The van der Waals surface area contributed by atoms with Gasteiger partial charge in [0.1, 0.15) is 6.54 Å². The van der Waals surface area contributed by atoms with Crippen molar-refractivity contribution in [1.82, 2.24) is 0 Å². The molecule has 19 heavy (non-hydrogen) atoms. The molecule has 1 aromatic rings. The summed E-state index contributed by atoms with van der Waals surface area (Å²) in [6, 6.07) is 6.53. The van der Waals surface area contributed by atoms with Gasteiger partial charge in [-0.15, -0.1) is 0 Å². The van der Waals surface area contributed by atoms with Crippen LogP contribution in [0, 0.1) is 0 Å². The fourth-order valence-electron chi connectivity index (χ4n) is 2.64. The Hall–Kier alpha value is -0.850. The Balaban J connectivity index is 2.01. The number of aromatic nitrogens is 1. The molecule has 108 valence electrons. The summed E-state index contributed by atoms with van der Waals surface area (Å²) in [5.74, 6) is 0. The lowest BCUT2D eigenvalue weighted by atomic mass is 10.1. The highest BCUT2D eigenvalue weighted by atomic mass is 14.9. The fourth-order valence-corrected chi connectivity index (χ4v) is 2.64. The van der Waals surface area contributed by atoms with E-state index in [1.807, 2.05) is 0 Å². The van der Waals surface area contributed by atoms with Crippen LogP contribution in [0.3, 0.4) is 0 Å². The third-order valence-electron chi connectivity index (χ3n) is 3.90. The van der Waals surface area contributed by atoms with Gasteiger partial charge in [-0.25, -0.2) is 4.57 Å². The molecule has 0 saturated heterocycles. The summed E-state index contributed by atoms with van der Waals surface area (Å²) in [5.41, 5.74) is 1.46. The molecule has 1 nitrogen and oxygen atoms in total. The molecule has 0 fully saturated rings. The summed E-state index contributed by atoms with van der Waals surface area (Å²) < 4.78 is 2.42. The average Bonchev–Trinajstić information content (AvgIpc) is 2.46. The van der Waals surface area contributed by atoms with Gasteiger partial charge in [0.05, 0.1) is 0 Å². The van der Waals surface area contributed by atoms with Crippen molar-refractivity contribution in [3.63, 3.8) is 0 Å². The fraction of sp³-hybridized carbons (Fsp3) is 0.722. The van der Waals surface area contributed by atoms with Crippen molar-refractivity contribution >= 4 is 0 Å². The van der Waals surface area contributed by atoms with Gasteiger partial charge in [0.2, 0.25) is 0 Å². The molecule has 0 saturated carbocycles. The molecular formula is C18H32N+. The first kappa shape index (κ1) is 16.2. The van der Waals surface area contributed by atoms with Crippen molar-refractivity contribution < 1.29 is 4.57 Å². The van der Waals surface area contributed by atoms with Crippen molar-refractivity contribution in [2.75, 3.05) is 0 Å². The summed E-state index contributed by atoms with van der Waals surface area (Å²) in [4.78, 5) is 0. The quantitative estimate of drug-likeness (QED) is 0.387. The molecule has 0 spiro atoms. The first-order valence-electron chi connectivity index (χ1n) is 8.35. The molecular weight excluding hydrogens is 230 g/mol. The Labute approximate surface area is 120 Å². The van der Waals surface area contributed by atoms with Gasteiger partial charge in [-0.05, 0) is 6.42 Å². The van der Waals surface area contributed by atoms with Gasteiger partial charge >= 0.3 is 0 Å². The van der Waals surface area contributed by atoms with Crippen LogP contribution >= 0.6 is 0 Å². The molecule has 0 aliphatic carbocycles. The molecule has 0 aliphatic heterocycles. The van der Waals surface area contributed by atoms with Crippen LogP contribution in [0.15, 0.2) is 24.4 Å². The minimum atomic E-state index is 1.14. The van der Waals surface area contributed by atoms with Gasteiger partial charge in [0, 0.05) is 25.0 Å². The lowest BCUT2D eigenvalue weighted by molar-refractivity contribution is -0.704. The molecule has 0 N–H and O–H groups in total. The number of unbranched alkanes of at least 4 members (excludes halogenated alkanes) is 8. The lowest BCUT2D eigenvalue weighted by Gasteiger charge is -2.03. The molecule has 0 aromatic carbocycles. The maximum absolute atomic E-state index is 2.42. The number of pyridine rings is 1. The van der Waals surface area contributed by atoms with E-state index in [-0.39, 0.29) is 0 Å². The van der Waals surface area contributed by atoms with E-state index in [9.17, 15) is 0 Å². The smallest absolute Gasteiger partial charge is 0.181 e. The number of aryl methyl sites for hydroxylation is 2. The molecule has 1 rings (SSSR count). The third-order valence-corrected chi connectivity index (χ3v) is 3.90. The maximum Gasteiger partial charge on any atom is 0.181 e. The molecule has 0 atom stereocenters. The Kier molecular flexibility index (Phi) is 9.40. The molecule has 0 bridgehead atoms. The third kappa shape index (κ3) is 7.34. The van der Waals surface area contributed by atoms with Gasteiger partial charge in [0.15, 0.2) is 11.9 Å². The normalized spacial score (nSPS) is 10.8. The highest BCUT2D eigenvalue weighted by Crippen LogP contribution is 2.09. The maximum atomic E-state index is 2.42. The van der Waals surface area contributed by atoms with E-state index in [0.29, 0.717) is 0 Å². The van der Waals surface area contributed by atoms with Crippen LogP contribution in [-0.4, -0.2) is 0 Å². The van der Waals surface area contributed by atoms with Gasteiger partial charge in [0.25, 0.3) is 0 Å². The van der Waals surface area contributed by atoms with Crippen molar-refractivity contribution in [2.24, 2.45) is 0 Å². The van der Waals surface area contributed by atoms with Crippen LogP contribution in [-0.2, 0) is 13.0 Å². The number of nitrogens with zero attached hydrogens (tertiary/aromatic N) is 1. The predicted molar refractivity (Wildman–Crippen MR) is 83.2 cm³/mol. The van der Waals surface area contributed by atoms with Gasteiger partial charge in [-0.2, -0.15) is 0 Å². The summed E-state index contributed by atoms with van der Waals surface area (Å²) in [6.45, 7) is 5.72. The Morgan fingerprint density at radius 3 is 2.05 bits per heavy atom. The van der Waals surface area contributed by atoms with Crippen LogP contribution in [0.4, 0.5) is 0 Å². The van der Waals surface area contributed by atoms with Crippen molar-refractivity contribution in [2.45, 2.75) is 84.6 Å². The highest BCUT2D eigenvalue weighted by Gasteiger charge is 2.05. The summed E-state index contributed by atoms with van der Waals surface area (Å²) >= 11 is 0. The molecule has 0 amide bonds. The van der Waals surface area contributed by atoms with Gasteiger partial charge < -0.3 is 0 Å². The summed E-state index contributed by atoms with van der Waals surface area (Å²) in [7, 11) is 0. The summed E-state index contributed by atoms with van der Waals surface area (Å²) in [5, 5.41) is 0. The highest BCUT2D eigenvalue weighted by molar-refractivity contribution is 4.96. The lowest BCUT2D eigenvalue weighted by Crippen LogP contribution is -2.37. The van der Waals surface area contributed by atoms with E-state index < -0.39 is 0 Å². The minimum Gasteiger partial charge on any atom is -0.202 e. The molecule has 0 aliphatic rings. The van der Waals surface area contributed by atoms with Crippen LogP contribution in [0.1, 0.15) is 77.3 Å². The van der Waals surface area contributed by atoms with Crippen molar-refractivity contribution in [3.05, 3.63) is 30.1 Å². The zero-order chi connectivity index (χ0) is 13.8. The first-order valence-corrected chi connectivity index (χ1v) is 8.35. The summed E-state index contributed by atoms with van der Waals surface area (Å²) in [6.07, 6.45) is 16.0. The number of hydrogen-bond donors (Lipinski definition) is 0. The first-order chi connectivity index (χ1) is 9.38. The van der Waals surface area contributed by atoms with Crippen LogP contribution < -0.4 is 4.57 Å². The SMILES string of the molecule is CCCCCCCCCCC[n+]1ccccc1CC. The van der Waals surface area contributed by atoms with E-state index in [2.05, 4.69) is 42.8 Å². The zero-order valence-corrected chi connectivity index (χ0v) is 13.0. The van der Waals surface area contributed by atoms with E-state index in [4.69, 9.17) is 0 Å². The molecule has 1 heterocycles. The van der Waals surface area contributed by atoms with E-state index in [0.717, 1.165) is 6.42 Å². The largest absolute Gasteiger partial charge is 0.202 e. The Bertz CT molecular complexity index is 319. The number of rotatable bonds is 11. The molecule has 0 radical (unpaired) electrons. The molecule has 1 aromatic heterocycles. The second-order valence-corrected chi connectivity index (χ2v) is 5.57. The van der Waals surface area contributed by atoms with Gasteiger partial charge in [-0.1, -0.05) is 64.9 Å². The second-order valence-electron chi connectivity index (χ2n) is 5.57. The van der Waals surface area contributed by atoms with Crippen LogP contribution in [0.25, 0.3) is 0 Å². The van der Waals surface area contributed by atoms with E-state index in [1.54, 1.807) is 0 Å². The van der Waals surface area contributed by atoms with Crippen LogP contribution in [0.5, 0.6) is 0 Å². The zero-order valence-electron chi connectivity index (χ0n) is 13.0. The Morgan fingerprint density at radius 1 is 0.789 bits per heavy atom. The minimum absolute atomic E-state index is 1.14. The van der Waals surface area contributed by atoms with Crippen molar-refractivity contribution in [1.29, 1.82) is 0 Å². The topological polar surface area (TPSA) is 3.88 Å². The predicted octanol–water partition coefficient (Wildman–Crippen LogP) is 5.07.